The molecule has 1 atom stereocenters. The molecule has 3 nitrogen and oxygen atoms in total. The van der Waals surface area contributed by atoms with Gasteiger partial charge in [-0.25, -0.2) is 0 Å². The van der Waals surface area contributed by atoms with Crippen LogP contribution in [-0.2, 0) is 6.61 Å². The lowest BCUT2D eigenvalue weighted by Gasteiger charge is -2.17. The Hall–Kier alpha value is -2.00. The van der Waals surface area contributed by atoms with Crippen molar-refractivity contribution in [2.75, 3.05) is 7.11 Å². The van der Waals surface area contributed by atoms with E-state index >= 15 is 0 Å². The van der Waals surface area contributed by atoms with E-state index < -0.39 is 6.10 Å². The molecule has 20 heavy (non-hydrogen) atoms. The SMILES string of the molecule is COc1c([C@H](C)O)ccc(OCc2ccccc2)c1C. The van der Waals surface area contributed by atoms with E-state index in [1.165, 1.54) is 0 Å². The Morgan fingerprint density at radius 3 is 2.40 bits per heavy atom. The number of ether oxygens (including phenoxy) is 2. The second-order valence-electron chi connectivity index (χ2n) is 4.76. The smallest absolute Gasteiger partial charge is 0.131 e. The first-order valence-electron chi connectivity index (χ1n) is 6.65. The van der Waals surface area contributed by atoms with E-state index in [0.717, 1.165) is 22.4 Å². The highest BCUT2D eigenvalue weighted by Gasteiger charge is 2.14. The van der Waals surface area contributed by atoms with Crippen LogP contribution < -0.4 is 9.47 Å². The maximum atomic E-state index is 9.74. The third-order valence-corrected chi connectivity index (χ3v) is 3.28. The highest BCUT2D eigenvalue weighted by Crippen LogP contribution is 2.35. The monoisotopic (exact) mass is 272 g/mol. The van der Waals surface area contributed by atoms with Gasteiger partial charge in [0.05, 0.1) is 13.2 Å². The van der Waals surface area contributed by atoms with Gasteiger partial charge in [0.15, 0.2) is 0 Å². The number of benzene rings is 2. The van der Waals surface area contributed by atoms with Crippen molar-refractivity contribution in [2.45, 2.75) is 26.6 Å². The first-order valence-corrected chi connectivity index (χ1v) is 6.65. The zero-order valence-corrected chi connectivity index (χ0v) is 12.1. The van der Waals surface area contributed by atoms with Crippen LogP contribution in [0.25, 0.3) is 0 Å². The van der Waals surface area contributed by atoms with Crippen LogP contribution in [-0.4, -0.2) is 12.2 Å². The molecule has 2 aromatic carbocycles. The van der Waals surface area contributed by atoms with Gasteiger partial charge in [0, 0.05) is 11.1 Å². The Bertz CT molecular complexity index is 562. The minimum atomic E-state index is -0.563. The molecule has 2 rings (SSSR count). The molecule has 0 saturated carbocycles. The molecule has 0 amide bonds. The molecule has 0 aliphatic heterocycles. The number of aliphatic hydroxyl groups is 1. The summed E-state index contributed by atoms with van der Waals surface area (Å²) in [7, 11) is 1.61. The molecule has 0 unspecified atom stereocenters. The summed E-state index contributed by atoms with van der Waals surface area (Å²) in [6.45, 7) is 4.17. The van der Waals surface area contributed by atoms with E-state index in [4.69, 9.17) is 9.47 Å². The second kappa shape index (κ2) is 6.44. The Balaban J connectivity index is 2.21. The van der Waals surface area contributed by atoms with Crippen molar-refractivity contribution in [3.8, 4) is 11.5 Å². The lowest BCUT2D eigenvalue weighted by Crippen LogP contribution is -2.02. The predicted molar refractivity (Wildman–Crippen MR) is 79.1 cm³/mol. The summed E-state index contributed by atoms with van der Waals surface area (Å²) in [6.07, 6.45) is -0.563. The van der Waals surface area contributed by atoms with E-state index in [0.29, 0.717) is 12.4 Å². The summed E-state index contributed by atoms with van der Waals surface area (Å²) in [4.78, 5) is 0. The average molecular weight is 272 g/mol. The quantitative estimate of drug-likeness (QED) is 0.903. The molecule has 0 heterocycles. The molecule has 3 heteroatoms. The molecule has 0 spiro atoms. The van der Waals surface area contributed by atoms with Gasteiger partial charge in [-0.05, 0) is 31.5 Å². The highest BCUT2D eigenvalue weighted by atomic mass is 16.5. The predicted octanol–water partition coefficient (Wildman–Crippen LogP) is 3.64. The van der Waals surface area contributed by atoms with Gasteiger partial charge in [-0.15, -0.1) is 0 Å². The Kier molecular flexibility index (Phi) is 4.64. The minimum Gasteiger partial charge on any atom is -0.496 e. The Morgan fingerprint density at radius 1 is 1.10 bits per heavy atom. The van der Waals surface area contributed by atoms with Crippen molar-refractivity contribution in [2.24, 2.45) is 0 Å². The van der Waals surface area contributed by atoms with Crippen LogP contribution >= 0.6 is 0 Å². The fraction of sp³-hybridized carbons (Fsp3) is 0.294. The average Bonchev–Trinajstić information content (AvgIpc) is 2.46. The summed E-state index contributed by atoms with van der Waals surface area (Å²) >= 11 is 0. The highest BCUT2D eigenvalue weighted by molar-refractivity contribution is 5.50. The molecule has 0 radical (unpaired) electrons. The standard InChI is InChI=1S/C17H20O3/c1-12-16(20-11-14-7-5-4-6-8-14)10-9-15(13(2)18)17(12)19-3/h4-10,13,18H,11H2,1-3H3/t13-/m0/s1. The van der Waals surface area contributed by atoms with Crippen LogP contribution in [0.1, 0.15) is 29.7 Å². The van der Waals surface area contributed by atoms with E-state index in [9.17, 15) is 5.11 Å². The second-order valence-corrected chi connectivity index (χ2v) is 4.76. The van der Waals surface area contributed by atoms with Gasteiger partial charge in [-0.2, -0.15) is 0 Å². The van der Waals surface area contributed by atoms with Gasteiger partial charge in [0.25, 0.3) is 0 Å². The third-order valence-electron chi connectivity index (χ3n) is 3.28. The number of aliphatic hydroxyl groups excluding tert-OH is 1. The summed E-state index contributed by atoms with van der Waals surface area (Å²) in [5.41, 5.74) is 2.80. The first-order chi connectivity index (χ1) is 9.63. The third kappa shape index (κ3) is 3.11. The normalized spacial score (nSPS) is 12.0. The van der Waals surface area contributed by atoms with Crippen LogP contribution in [0.3, 0.4) is 0 Å². The number of hydrogen-bond acceptors (Lipinski definition) is 3. The zero-order valence-electron chi connectivity index (χ0n) is 12.1. The van der Waals surface area contributed by atoms with Crippen LogP contribution in [0.4, 0.5) is 0 Å². The lowest BCUT2D eigenvalue weighted by molar-refractivity contribution is 0.193. The largest absolute Gasteiger partial charge is 0.496 e. The van der Waals surface area contributed by atoms with Crippen LogP contribution in [0.2, 0.25) is 0 Å². The molecule has 0 bridgehead atoms. The molecule has 0 aromatic heterocycles. The van der Waals surface area contributed by atoms with E-state index in [2.05, 4.69) is 0 Å². The maximum absolute atomic E-state index is 9.74. The minimum absolute atomic E-state index is 0.513. The van der Waals surface area contributed by atoms with E-state index in [-0.39, 0.29) is 0 Å². The fourth-order valence-corrected chi connectivity index (χ4v) is 2.19. The molecule has 0 saturated heterocycles. The molecule has 0 fully saturated rings. The maximum Gasteiger partial charge on any atom is 0.131 e. The van der Waals surface area contributed by atoms with Crippen molar-refractivity contribution < 1.29 is 14.6 Å². The van der Waals surface area contributed by atoms with Crippen LogP contribution in [0.15, 0.2) is 42.5 Å². The summed E-state index contributed by atoms with van der Waals surface area (Å²) in [5.74, 6) is 1.46. The van der Waals surface area contributed by atoms with Crippen LogP contribution in [0, 0.1) is 6.92 Å². The summed E-state index contributed by atoms with van der Waals surface area (Å²) < 4.78 is 11.2. The van der Waals surface area contributed by atoms with Gasteiger partial charge < -0.3 is 14.6 Å². The molecule has 0 aliphatic carbocycles. The zero-order chi connectivity index (χ0) is 14.5. The first kappa shape index (κ1) is 14.4. The van der Waals surface area contributed by atoms with Gasteiger partial charge in [0.1, 0.15) is 18.1 Å². The topological polar surface area (TPSA) is 38.7 Å². The number of methoxy groups -OCH3 is 1. The Labute approximate surface area is 119 Å². The van der Waals surface area contributed by atoms with E-state index in [1.54, 1.807) is 14.0 Å². The Morgan fingerprint density at radius 2 is 1.80 bits per heavy atom. The van der Waals surface area contributed by atoms with Crippen molar-refractivity contribution in [3.63, 3.8) is 0 Å². The molecule has 1 N–H and O–H groups in total. The van der Waals surface area contributed by atoms with Crippen molar-refractivity contribution in [1.82, 2.24) is 0 Å². The molecule has 106 valence electrons. The fourth-order valence-electron chi connectivity index (χ4n) is 2.19. The van der Waals surface area contributed by atoms with Crippen molar-refractivity contribution in [3.05, 3.63) is 59.2 Å². The summed E-state index contributed by atoms with van der Waals surface area (Å²) in [6, 6.07) is 13.7. The van der Waals surface area contributed by atoms with Crippen molar-refractivity contribution in [1.29, 1.82) is 0 Å². The molecular weight excluding hydrogens is 252 g/mol. The molecular formula is C17H20O3. The van der Waals surface area contributed by atoms with Gasteiger partial charge in [0.2, 0.25) is 0 Å². The molecule has 2 aromatic rings. The van der Waals surface area contributed by atoms with E-state index in [1.807, 2.05) is 49.4 Å². The number of hydrogen-bond donors (Lipinski definition) is 1. The van der Waals surface area contributed by atoms with Gasteiger partial charge >= 0.3 is 0 Å². The summed E-state index contributed by atoms with van der Waals surface area (Å²) in [5, 5.41) is 9.74. The van der Waals surface area contributed by atoms with Gasteiger partial charge in [-0.3, -0.25) is 0 Å². The van der Waals surface area contributed by atoms with Crippen molar-refractivity contribution >= 4 is 0 Å². The van der Waals surface area contributed by atoms with Gasteiger partial charge in [-0.1, -0.05) is 30.3 Å². The number of rotatable bonds is 5. The lowest BCUT2D eigenvalue weighted by atomic mass is 10.0. The van der Waals surface area contributed by atoms with Crippen LogP contribution in [0.5, 0.6) is 11.5 Å². The molecule has 0 aliphatic rings.